The van der Waals surface area contributed by atoms with E-state index in [1.807, 2.05) is 42.5 Å². The third-order valence-electron chi connectivity index (χ3n) is 4.98. The Morgan fingerprint density at radius 2 is 1.69 bits per heavy atom. The monoisotopic (exact) mass is 425 g/mol. The quantitative estimate of drug-likeness (QED) is 0.545. The molecule has 1 heterocycles. The van der Waals surface area contributed by atoms with Gasteiger partial charge in [0.15, 0.2) is 0 Å². The first-order valence-electron chi connectivity index (χ1n) is 9.26. The summed E-state index contributed by atoms with van der Waals surface area (Å²) in [6.07, 6.45) is 1.96. The Balaban J connectivity index is 1.52. The van der Waals surface area contributed by atoms with Crippen LogP contribution in [0.1, 0.15) is 39.7 Å². The SMILES string of the molecule is NC1(c2ccc(NC(=O)C(NC(=O)c3ccc(Cl)s3)c3ccccc3)cc2)CC1. The number of halogens is 1. The molecule has 1 saturated carbocycles. The Hall–Kier alpha value is -2.67. The Labute approximate surface area is 177 Å². The molecule has 5 nitrogen and oxygen atoms in total. The summed E-state index contributed by atoms with van der Waals surface area (Å²) >= 11 is 7.10. The predicted octanol–water partition coefficient (Wildman–Crippen LogP) is 4.46. The molecule has 0 spiro atoms. The van der Waals surface area contributed by atoms with E-state index in [1.54, 1.807) is 24.3 Å². The van der Waals surface area contributed by atoms with E-state index in [2.05, 4.69) is 10.6 Å². The molecule has 0 bridgehead atoms. The lowest BCUT2D eigenvalue weighted by Gasteiger charge is -2.19. The van der Waals surface area contributed by atoms with Crippen LogP contribution in [0.2, 0.25) is 4.34 Å². The van der Waals surface area contributed by atoms with Gasteiger partial charge < -0.3 is 16.4 Å². The highest BCUT2D eigenvalue weighted by atomic mass is 35.5. The number of nitrogens with one attached hydrogen (secondary N) is 2. The summed E-state index contributed by atoms with van der Waals surface area (Å²) in [5.41, 5.74) is 8.40. The van der Waals surface area contributed by atoms with Gasteiger partial charge in [-0.1, -0.05) is 54.1 Å². The van der Waals surface area contributed by atoms with E-state index in [1.165, 1.54) is 11.3 Å². The van der Waals surface area contributed by atoms with Gasteiger partial charge in [-0.2, -0.15) is 0 Å². The zero-order valence-corrected chi connectivity index (χ0v) is 17.1. The highest BCUT2D eigenvalue weighted by Gasteiger charge is 2.39. The van der Waals surface area contributed by atoms with Crippen molar-refractivity contribution >= 4 is 40.4 Å². The average molecular weight is 426 g/mol. The Bertz CT molecular complexity index is 1030. The molecule has 1 aliphatic rings. The predicted molar refractivity (Wildman–Crippen MR) is 116 cm³/mol. The molecule has 1 fully saturated rings. The fraction of sp³-hybridized carbons (Fsp3) is 0.182. The number of anilines is 1. The maximum Gasteiger partial charge on any atom is 0.262 e. The number of carbonyl (C=O) groups excluding carboxylic acids is 2. The number of benzene rings is 2. The van der Waals surface area contributed by atoms with E-state index in [4.69, 9.17) is 17.3 Å². The smallest absolute Gasteiger partial charge is 0.262 e. The third kappa shape index (κ3) is 4.50. The van der Waals surface area contributed by atoms with E-state index in [-0.39, 0.29) is 17.4 Å². The van der Waals surface area contributed by atoms with Crippen molar-refractivity contribution in [1.29, 1.82) is 0 Å². The van der Waals surface area contributed by atoms with Gasteiger partial charge in [0.05, 0.1) is 9.21 Å². The van der Waals surface area contributed by atoms with Crippen molar-refractivity contribution in [3.63, 3.8) is 0 Å². The lowest BCUT2D eigenvalue weighted by molar-refractivity contribution is -0.118. The first-order chi connectivity index (χ1) is 13.9. The van der Waals surface area contributed by atoms with Gasteiger partial charge in [0.1, 0.15) is 6.04 Å². The van der Waals surface area contributed by atoms with Gasteiger partial charge in [0.25, 0.3) is 11.8 Å². The van der Waals surface area contributed by atoms with E-state index in [0.29, 0.717) is 20.5 Å². The van der Waals surface area contributed by atoms with Gasteiger partial charge in [0.2, 0.25) is 0 Å². The summed E-state index contributed by atoms with van der Waals surface area (Å²) in [7, 11) is 0. The molecule has 148 valence electrons. The van der Waals surface area contributed by atoms with E-state index < -0.39 is 6.04 Å². The van der Waals surface area contributed by atoms with Crippen molar-refractivity contribution in [2.24, 2.45) is 5.73 Å². The van der Waals surface area contributed by atoms with Gasteiger partial charge in [0, 0.05) is 11.2 Å². The molecule has 0 aliphatic heterocycles. The third-order valence-corrected chi connectivity index (χ3v) is 6.21. The van der Waals surface area contributed by atoms with Crippen molar-refractivity contribution in [2.75, 3.05) is 5.32 Å². The average Bonchev–Trinajstić information content (AvgIpc) is 3.33. The minimum absolute atomic E-state index is 0.217. The molecule has 3 aromatic rings. The Morgan fingerprint density at radius 3 is 2.28 bits per heavy atom. The number of carbonyl (C=O) groups is 2. The maximum absolute atomic E-state index is 13.0. The second-order valence-electron chi connectivity index (χ2n) is 7.14. The van der Waals surface area contributed by atoms with Crippen LogP contribution in [-0.4, -0.2) is 11.8 Å². The summed E-state index contributed by atoms with van der Waals surface area (Å²) in [5.74, 6) is -0.672. The van der Waals surface area contributed by atoms with Crippen LogP contribution >= 0.6 is 22.9 Å². The molecule has 2 aromatic carbocycles. The van der Waals surface area contributed by atoms with Crippen LogP contribution in [0.25, 0.3) is 0 Å². The maximum atomic E-state index is 13.0. The molecule has 4 rings (SSSR count). The lowest BCUT2D eigenvalue weighted by atomic mass is 10.0. The van der Waals surface area contributed by atoms with Crippen LogP contribution in [-0.2, 0) is 10.3 Å². The number of hydrogen-bond acceptors (Lipinski definition) is 4. The van der Waals surface area contributed by atoms with Crippen molar-refractivity contribution in [3.8, 4) is 0 Å². The van der Waals surface area contributed by atoms with Crippen LogP contribution in [0, 0.1) is 0 Å². The van der Waals surface area contributed by atoms with Crippen LogP contribution in [0.5, 0.6) is 0 Å². The fourth-order valence-electron chi connectivity index (χ4n) is 3.11. The molecule has 1 aliphatic carbocycles. The van der Waals surface area contributed by atoms with Crippen LogP contribution in [0.3, 0.4) is 0 Å². The lowest BCUT2D eigenvalue weighted by Crippen LogP contribution is -2.36. The topological polar surface area (TPSA) is 84.2 Å². The first-order valence-corrected chi connectivity index (χ1v) is 10.5. The van der Waals surface area contributed by atoms with Crippen molar-refractivity contribution in [3.05, 3.63) is 87.1 Å². The van der Waals surface area contributed by atoms with Crippen molar-refractivity contribution in [1.82, 2.24) is 5.32 Å². The van der Waals surface area contributed by atoms with Crippen LogP contribution in [0.4, 0.5) is 5.69 Å². The molecule has 2 amide bonds. The zero-order chi connectivity index (χ0) is 20.4. The van der Waals surface area contributed by atoms with Crippen LogP contribution in [0.15, 0.2) is 66.7 Å². The highest BCUT2D eigenvalue weighted by molar-refractivity contribution is 7.18. The van der Waals surface area contributed by atoms with Gasteiger partial charge in [-0.25, -0.2) is 0 Å². The van der Waals surface area contributed by atoms with E-state index >= 15 is 0 Å². The molecular weight excluding hydrogens is 406 g/mol. The van der Waals surface area contributed by atoms with E-state index in [9.17, 15) is 9.59 Å². The molecule has 1 aromatic heterocycles. The largest absolute Gasteiger partial charge is 0.336 e. The Morgan fingerprint density at radius 1 is 1.00 bits per heavy atom. The summed E-state index contributed by atoms with van der Waals surface area (Å²) in [4.78, 5) is 26.1. The first kappa shape index (κ1) is 19.6. The minimum atomic E-state index is -0.839. The molecule has 1 atom stereocenters. The molecule has 29 heavy (non-hydrogen) atoms. The second kappa shape index (κ2) is 7.99. The summed E-state index contributed by atoms with van der Waals surface area (Å²) in [6, 6.07) is 19.1. The van der Waals surface area contributed by atoms with Gasteiger partial charge >= 0.3 is 0 Å². The normalized spacial score (nSPS) is 15.4. The summed E-state index contributed by atoms with van der Waals surface area (Å²) < 4.78 is 0.518. The van der Waals surface area contributed by atoms with Gasteiger partial charge in [-0.3, -0.25) is 9.59 Å². The molecule has 1 unspecified atom stereocenters. The Kier molecular flexibility index (Phi) is 5.41. The number of hydrogen-bond donors (Lipinski definition) is 3. The number of nitrogens with two attached hydrogens (primary N) is 1. The van der Waals surface area contributed by atoms with Gasteiger partial charge in [-0.15, -0.1) is 11.3 Å². The van der Waals surface area contributed by atoms with Crippen molar-refractivity contribution in [2.45, 2.75) is 24.4 Å². The van der Waals surface area contributed by atoms with Crippen molar-refractivity contribution < 1.29 is 9.59 Å². The standard InChI is InChI=1S/C22H20ClN3O2S/c23-18-11-10-17(29-18)20(27)26-19(14-4-2-1-3-5-14)21(28)25-16-8-6-15(7-9-16)22(24)12-13-22/h1-11,19H,12-13,24H2,(H,25,28)(H,26,27). The highest BCUT2D eigenvalue weighted by Crippen LogP contribution is 2.42. The van der Waals surface area contributed by atoms with Gasteiger partial charge in [-0.05, 0) is 48.2 Å². The fourth-order valence-corrected chi connectivity index (χ4v) is 4.05. The second-order valence-corrected chi connectivity index (χ2v) is 8.86. The zero-order valence-electron chi connectivity index (χ0n) is 15.5. The number of amides is 2. The molecule has 7 heteroatoms. The summed E-state index contributed by atoms with van der Waals surface area (Å²) in [5, 5.41) is 5.69. The molecule has 4 N–H and O–H groups in total. The summed E-state index contributed by atoms with van der Waals surface area (Å²) in [6.45, 7) is 0. The minimum Gasteiger partial charge on any atom is -0.336 e. The number of rotatable bonds is 6. The van der Waals surface area contributed by atoms with Crippen LogP contribution < -0.4 is 16.4 Å². The molecular formula is C22H20ClN3O2S. The molecule has 0 saturated heterocycles. The van der Waals surface area contributed by atoms with E-state index in [0.717, 1.165) is 18.4 Å². The number of thiophene rings is 1. The molecule has 0 radical (unpaired) electrons.